The monoisotopic (exact) mass is 326 g/mol. The quantitative estimate of drug-likeness (QED) is 0.559. The molecule has 0 bridgehead atoms. The summed E-state index contributed by atoms with van der Waals surface area (Å²) in [6.07, 6.45) is 0.973. The number of thiophene rings is 1. The van der Waals surface area contributed by atoms with E-state index in [1.54, 1.807) is 18.3 Å². The summed E-state index contributed by atoms with van der Waals surface area (Å²) >= 11 is 1.68. The van der Waals surface area contributed by atoms with Gasteiger partial charge in [-0.2, -0.15) is 0 Å². The maximum absolute atomic E-state index is 12.0. The van der Waals surface area contributed by atoms with Crippen LogP contribution in [0.3, 0.4) is 0 Å². The lowest BCUT2D eigenvalue weighted by Crippen LogP contribution is -2.38. The summed E-state index contributed by atoms with van der Waals surface area (Å²) in [6, 6.07) is 2.06. The molecule has 4 nitrogen and oxygen atoms in total. The Morgan fingerprint density at radius 1 is 1.41 bits per heavy atom. The molecule has 1 N–H and O–H groups in total. The van der Waals surface area contributed by atoms with Gasteiger partial charge in [0.1, 0.15) is 12.2 Å². The Hall–Kier alpha value is -1.20. The molecule has 1 unspecified atom stereocenters. The van der Waals surface area contributed by atoms with Crippen LogP contribution in [0.5, 0.6) is 0 Å². The van der Waals surface area contributed by atoms with Gasteiger partial charge in [-0.3, -0.25) is 9.59 Å². The average molecular weight is 326 g/mol. The summed E-state index contributed by atoms with van der Waals surface area (Å²) in [5.74, 6) is -0.846. The van der Waals surface area contributed by atoms with E-state index in [4.69, 9.17) is 4.74 Å². The van der Waals surface area contributed by atoms with Gasteiger partial charge in [-0.05, 0) is 49.6 Å². The number of esters is 1. The highest BCUT2D eigenvalue weighted by Crippen LogP contribution is 2.29. The van der Waals surface area contributed by atoms with Crippen molar-refractivity contribution in [1.82, 2.24) is 0 Å². The smallest absolute Gasteiger partial charge is 0.313 e. The summed E-state index contributed by atoms with van der Waals surface area (Å²) in [5, 5.41) is 12.9. The molecular weight excluding hydrogens is 300 g/mol. The molecule has 0 fully saturated rings. The SMILES string of the molecule is CCOC(=O)CC(=O)CC(O)(CCc1ccsc1C)C(C)C. The number of rotatable bonds is 9. The van der Waals surface area contributed by atoms with Crippen LogP contribution in [0, 0.1) is 12.8 Å². The molecule has 1 rings (SSSR count). The first-order chi connectivity index (χ1) is 10.3. The van der Waals surface area contributed by atoms with Crippen LogP contribution < -0.4 is 0 Å². The first-order valence-electron chi connectivity index (χ1n) is 7.71. The summed E-state index contributed by atoms with van der Waals surface area (Å²) in [7, 11) is 0. The van der Waals surface area contributed by atoms with Crippen molar-refractivity contribution in [3.8, 4) is 0 Å². The molecule has 0 aromatic carbocycles. The molecule has 0 radical (unpaired) electrons. The second kappa shape index (κ2) is 8.44. The van der Waals surface area contributed by atoms with Crippen molar-refractivity contribution in [3.63, 3.8) is 0 Å². The van der Waals surface area contributed by atoms with E-state index in [-0.39, 0.29) is 31.1 Å². The fourth-order valence-electron chi connectivity index (χ4n) is 2.38. The number of Topliss-reactive ketones (excluding diaryl/α,β-unsaturated/α-hetero) is 1. The van der Waals surface area contributed by atoms with Crippen molar-refractivity contribution in [2.75, 3.05) is 6.61 Å². The molecule has 1 heterocycles. The predicted molar refractivity (Wildman–Crippen MR) is 88.0 cm³/mol. The molecule has 0 saturated heterocycles. The summed E-state index contributed by atoms with van der Waals surface area (Å²) in [5.41, 5.74) is 0.125. The molecule has 22 heavy (non-hydrogen) atoms. The fourth-order valence-corrected chi connectivity index (χ4v) is 3.14. The van der Waals surface area contributed by atoms with Crippen molar-refractivity contribution in [2.24, 2.45) is 5.92 Å². The third kappa shape index (κ3) is 5.54. The number of hydrogen-bond donors (Lipinski definition) is 1. The minimum atomic E-state index is -1.09. The maximum Gasteiger partial charge on any atom is 0.313 e. The highest BCUT2D eigenvalue weighted by Gasteiger charge is 2.34. The van der Waals surface area contributed by atoms with Crippen LogP contribution in [0.25, 0.3) is 0 Å². The Labute approximate surface area is 136 Å². The molecule has 1 aromatic rings. The Balaban J connectivity index is 2.64. The van der Waals surface area contributed by atoms with E-state index >= 15 is 0 Å². The van der Waals surface area contributed by atoms with Crippen molar-refractivity contribution < 1.29 is 19.4 Å². The van der Waals surface area contributed by atoms with E-state index in [2.05, 4.69) is 13.0 Å². The summed E-state index contributed by atoms with van der Waals surface area (Å²) in [6.45, 7) is 7.82. The van der Waals surface area contributed by atoms with Gasteiger partial charge in [0.05, 0.1) is 12.2 Å². The minimum Gasteiger partial charge on any atom is -0.466 e. The molecule has 0 aliphatic heterocycles. The Kier molecular flexibility index (Phi) is 7.23. The van der Waals surface area contributed by atoms with Crippen molar-refractivity contribution in [2.45, 2.75) is 59.0 Å². The first-order valence-corrected chi connectivity index (χ1v) is 8.59. The van der Waals surface area contributed by atoms with E-state index in [0.29, 0.717) is 6.42 Å². The predicted octanol–water partition coefficient (Wildman–Crippen LogP) is 3.29. The lowest BCUT2D eigenvalue weighted by molar-refractivity contribution is -0.146. The summed E-state index contributed by atoms with van der Waals surface area (Å²) in [4.78, 5) is 24.6. The minimum absolute atomic E-state index is 0.00728. The van der Waals surface area contributed by atoms with E-state index in [1.165, 1.54) is 10.4 Å². The largest absolute Gasteiger partial charge is 0.466 e. The lowest BCUT2D eigenvalue weighted by Gasteiger charge is -2.31. The topological polar surface area (TPSA) is 63.6 Å². The van der Waals surface area contributed by atoms with Gasteiger partial charge in [-0.15, -0.1) is 11.3 Å². The molecule has 0 amide bonds. The van der Waals surface area contributed by atoms with Crippen molar-refractivity contribution in [1.29, 1.82) is 0 Å². The zero-order valence-corrected chi connectivity index (χ0v) is 14.7. The molecule has 1 atom stereocenters. The van der Waals surface area contributed by atoms with E-state index in [1.807, 2.05) is 19.2 Å². The van der Waals surface area contributed by atoms with Gasteiger partial charge in [0.2, 0.25) is 0 Å². The van der Waals surface area contributed by atoms with Crippen LogP contribution in [-0.2, 0) is 20.7 Å². The zero-order chi connectivity index (χ0) is 16.8. The molecule has 0 spiro atoms. The first kappa shape index (κ1) is 18.8. The number of ketones is 1. The third-order valence-corrected chi connectivity index (χ3v) is 4.91. The van der Waals surface area contributed by atoms with Crippen LogP contribution >= 0.6 is 11.3 Å². The molecule has 1 aromatic heterocycles. The van der Waals surface area contributed by atoms with Gasteiger partial charge in [0.25, 0.3) is 0 Å². The lowest BCUT2D eigenvalue weighted by atomic mass is 9.80. The average Bonchev–Trinajstić information content (AvgIpc) is 2.81. The number of aryl methyl sites for hydroxylation is 2. The molecule has 0 saturated carbocycles. The Morgan fingerprint density at radius 3 is 2.59 bits per heavy atom. The number of carbonyl (C=O) groups is 2. The van der Waals surface area contributed by atoms with Gasteiger partial charge in [-0.1, -0.05) is 13.8 Å². The highest BCUT2D eigenvalue weighted by atomic mass is 32.1. The van der Waals surface area contributed by atoms with Crippen molar-refractivity contribution >= 4 is 23.1 Å². The van der Waals surface area contributed by atoms with E-state index < -0.39 is 11.6 Å². The molecule has 5 heteroatoms. The van der Waals surface area contributed by atoms with E-state index in [9.17, 15) is 14.7 Å². The maximum atomic E-state index is 12.0. The molecule has 0 aliphatic carbocycles. The third-order valence-electron chi connectivity index (χ3n) is 4.02. The zero-order valence-electron chi connectivity index (χ0n) is 13.8. The van der Waals surface area contributed by atoms with Gasteiger partial charge < -0.3 is 9.84 Å². The van der Waals surface area contributed by atoms with Crippen LogP contribution in [0.1, 0.15) is 50.5 Å². The van der Waals surface area contributed by atoms with E-state index in [0.717, 1.165) is 6.42 Å². The van der Waals surface area contributed by atoms with Crippen LogP contribution in [0.2, 0.25) is 0 Å². The number of hydrogen-bond acceptors (Lipinski definition) is 5. The summed E-state index contributed by atoms with van der Waals surface area (Å²) < 4.78 is 4.78. The van der Waals surface area contributed by atoms with Gasteiger partial charge in [0.15, 0.2) is 0 Å². The number of aliphatic hydroxyl groups is 1. The van der Waals surface area contributed by atoms with Gasteiger partial charge >= 0.3 is 5.97 Å². The molecule has 124 valence electrons. The second-order valence-corrected chi connectivity index (χ2v) is 7.08. The Morgan fingerprint density at radius 2 is 2.09 bits per heavy atom. The number of carbonyl (C=O) groups excluding carboxylic acids is 2. The molecule has 0 aliphatic rings. The highest BCUT2D eigenvalue weighted by molar-refractivity contribution is 7.10. The van der Waals surface area contributed by atoms with Crippen molar-refractivity contribution in [3.05, 3.63) is 21.9 Å². The van der Waals surface area contributed by atoms with Gasteiger partial charge in [-0.25, -0.2) is 0 Å². The van der Waals surface area contributed by atoms with Crippen LogP contribution in [0.15, 0.2) is 11.4 Å². The fraction of sp³-hybridized carbons (Fsp3) is 0.647. The number of ether oxygens (including phenoxy) is 1. The Bertz CT molecular complexity index is 507. The van der Waals surface area contributed by atoms with Crippen LogP contribution in [-0.4, -0.2) is 29.1 Å². The molecular formula is C17H26O4S. The second-order valence-electron chi connectivity index (χ2n) is 5.96. The standard InChI is InChI=1S/C17H26O4S/c1-5-21-16(19)10-15(18)11-17(20,12(2)3)8-6-14-7-9-22-13(14)4/h7,9,12,20H,5-6,8,10-11H2,1-4H3. The normalized spacial score (nSPS) is 13.9. The van der Waals surface area contributed by atoms with Gasteiger partial charge in [0, 0.05) is 11.3 Å². The van der Waals surface area contributed by atoms with Crippen LogP contribution in [0.4, 0.5) is 0 Å².